The van der Waals surface area contributed by atoms with Crippen LogP contribution in [0.3, 0.4) is 0 Å². The highest BCUT2D eigenvalue weighted by atomic mass is 16.5. The number of ether oxygens (including phenoxy) is 1. The fourth-order valence-corrected chi connectivity index (χ4v) is 3.69. The molecule has 2 rings (SSSR count). The minimum atomic E-state index is -0.259. The van der Waals surface area contributed by atoms with Crippen molar-refractivity contribution in [3.63, 3.8) is 0 Å². The second kappa shape index (κ2) is 10.3. The van der Waals surface area contributed by atoms with Crippen molar-refractivity contribution < 1.29 is 19.2 Å². The van der Waals surface area contributed by atoms with Crippen LogP contribution in [0, 0.1) is 5.92 Å². The highest BCUT2D eigenvalue weighted by molar-refractivity contribution is 5.91. The van der Waals surface area contributed by atoms with Gasteiger partial charge in [-0.2, -0.15) is 0 Å². The van der Waals surface area contributed by atoms with Crippen molar-refractivity contribution in [2.45, 2.75) is 58.5 Å². The molecular weight excluding hydrogens is 342 g/mol. The summed E-state index contributed by atoms with van der Waals surface area (Å²) in [5.41, 5.74) is 0.726. The summed E-state index contributed by atoms with van der Waals surface area (Å²) in [5.74, 6) is 1.22. The van der Waals surface area contributed by atoms with Gasteiger partial charge in [-0.3, -0.25) is 9.59 Å². The number of carbonyl (C=O) groups excluding carboxylic acids is 2. The zero-order valence-electron chi connectivity index (χ0n) is 17.0. The van der Waals surface area contributed by atoms with E-state index in [9.17, 15) is 9.59 Å². The Hall–Kier alpha value is -2.08. The molecule has 1 aliphatic carbocycles. The number of nitrogens with one attached hydrogen (secondary N) is 3. The molecule has 1 saturated carbocycles. The van der Waals surface area contributed by atoms with Crippen molar-refractivity contribution in [1.29, 1.82) is 0 Å². The van der Waals surface area contributed by atoms with Crippen LogP contribution < -0.4 is 20.3 Å². The molecule has 150 valence electrons. The molecule has 1 aromatic rings. The quantitative estimate of drug-likeness (QED) is 0.646. The first-order chi connectivity index (χ1) is 12.9. The molecule has 0 heterocycles. The minimum absolute atomic E-state index is 0.0443. The molecule has 2 amide bonds. The zero-order valence-corrected chi connectivity index (χ0v) is 17.0. The predicted molar refractivity (Wildman–Crippen MR) is 107 cm³/mol. The van der Waals surface area contributed by atoms with Gasteiger partial charge in [-0.25, -0.2) is 0 Å². The lowest BCUT2D eigenvalue weighted by molar-refractivity contribution is -0.904. The monoisotopic (exact) mass is 376 g/mol. The van der Waals surface area contributed by atoms with Gasteiger partial charge in [0.2, 0.25) is 0 Å². The number of amides is 2. The molecule has 6 nitrogen and oxygen atoms in total. The molecule has 0 aliphatic heterocycles. The van der Waals surface area contributed by atoms with E-state index in [0.29, 0.717) is 12.5 Å². The topological polar surface area (TPSA) is 71.9 Å². The van der Waals surface area contributed by atoms with Gasteiger partial charge in [0.15, 0.2) is 12.6 Å². The van der Waals surface area contributed by atoms with Gasteiger partial charge in [0.25, 0.3) is 11.8 Å². The highest BCUT2D eigenvalue weighted by Gasteiger charge is 2.30. The molecule has 0 radical (unpaired) electrons. The first kappa shape index (κ1) is 21.2. The minimum Gasteiger partial charge on any atom is -0.497 e. The van der Waals surface area contributed by atoms with Crippen LogP contribution in [0.1, 0.15) is 46.5 Å². The van der Waals surface area contributed by atoms with E-state index in [4.69, 9.17) is 4.74 Å². The Morgan fingerprint density at radius 1 is 1.22 bits per heavy atom. The highest BCUT2D eigenvalue weighted by Crippen LogP contribution is 2.23. The van der Waals surface area contributed by atoms with Crippen LogP contribution in [0.2, 0.25) is 0 Å². The number of hydrogen-bond donors (Lipinski definition) is 3. The lowest BCUT2D eigenvalue weighted by Gasteiger charge is -2.31. The van der Waals surface area contributed by atoms with Crippen LogP contribution in [0.4, 0.5) is 5.69 Å². The van der Waals surface area contributed by atoms with Gasteiger partial charge in [-0.05, 0) is 56.9 Å². The summed E-state index contributed by atoms with van der Waals surface area (Å²) in [5, 5.41) is 6.11. The van der Waals surface area contributed by atoms with Crippen molar-refractivity contribution >= 4 is 17.5 Å². The second-order valence-electron chi connectivity index (χ2n) is 7.56. The molecule has 1 unspecified atom stereocenters. The molecule has 0 spiro atoms. The Kier molecular flexibility index (Phi) is 8.10. The van der Waals surface area contributed by atoms with Crippen LogP contribution in [0.15, 0.2) is 24.3 Å². The Balaban J connectivity index is 1.87. The van der Waals surface area contributed by atoms with Crippen molar-refractivity contribution in [1.82, 2.24) is 5.32 Å². The van der Waals surface area contributed by atoms with Gasteiger partial charge in [0, 0.05) is 11.7 Å². The van der Waals surface area contributed by atoms with Gasteiger partial charge >= 0.3 is 0 Å². The number of likely N-dealkylation sites (N-methyl/N-ethyl adjacent to an activating group) is 1. The number of methoxy groups -OCH3 is 1. The zero-order chi connectivity index (χ0) is 19.8. The molecule has 0 saturated heterocycles. The molecule has 1 fully saturated rings. The molecular formula is C21H34N3O3+. The Morgan fingerprint density at radius 2 is 1.89 bits per heavy atom. The summed E-state index contributed by atoms with van der Waals surface area (Å²) in [4.78, 5) is 26.1. The molecule has 0 aromatic heterocycles. The summed E-state index contributed by atoms with van der Waals surface area (Å²) in [6.45, 7) is 7.09. The lowest BCUT2D eigenvalue weighted by Crippen LogP contribution is -3.17. The summed E-state index contributed by atoms with van der Waals surface area (Å²) in [6, 6.07) is 7.24. The van der Waals surface area contributed by atoms with Crippen molar-refractivity contribution in [2.24, 2.45) is 5.92 Å². The van der Waals surface area contributed by atoms with Crippen molar-refractivity contribution in [2.75, 3.05) is 25.5 Å². The second-order valence-corrected chi connectivity index (χ2v) is 7.56. The molecule has 6 heteroatoms. The fraction of sp³-hybridized carbons (Fsp3) is 0.619. The Bertz CT molecular complexity index is 618. The number of carbonyl (C=O) groups is 2. The number of quaternary nitrogens is 1. The van der Waals surface area contributed by atoms with Crippen LogP contribution >= 0.6 is 0 Å². The van der Waals surface area contributed by atoms with E-state index in [1.807, 2.05) is 38.1 Å². The van der Waals surface area contributed by atoms with Crippen molar-refractivity contribution in [3.8, 4) is 5.75 Å². The maximum Gasteiger partial charge on any atom is 0.279 e. The SMILES string of the molecule is CC[NH+](CC(=O)Nc1ccc(OC)cc1)[C@H](C)C(=O)N[C@@H]1CCCC[C@@H]1C. The maximum atomic E-state index is 12.7. The van der Waals surface area contributed by atoms with Crippen LogP contribution in [-0.4, -0.2) is 44.1 Å². The van der Waals surface area contributed by atoms with Gasteiger partial charge < -0.3 is 20.3 Å². The normalized spacial score (nSPS) is 21.8. The van der Waals surface area contributed by atoms with Gasteiger partial charge in [-0.1, -0.05) is 19.8 Å². The molecule has 27 heavy (non-hydrogen) atoms. The fourth-order valence-electron chi connectivity index (χ4n) is 3.69. The first-order valence-corrected chi connectivity index (χ1v) is 10.0. The molecule has 1 aliphatic rings. The molecule has 4 atom stereocenters. The summed E-state index contributed by atoms with van der Waals surface area (Å²) in [7, 11) is 1.61. The van der Waals surface area contributed by atoms with E-state index < -0.39 is 0 Å². The van der Waals surface area contributed by atoms with Gasteiger partial charge in [-0.15, -0.1) is 0 Å². The van der Waals surface area contributed by atoms with E-state index >= 15 is 0 Å². The lowest BCUT2D eigenvalue weighted by atomic mass is 9.86. The summed E-state index contributed by atoms with van der Waals surface area (Å²) in [6.07, 6.45) is 4.66. The molecule has 3 N–H and O–H groups in total. The summed E-state index contributed by atoms with van der Waals surface area (Å²) < 4.78 is 5.12. The average Bonchev–Trinajstić information content (AvgIpc) is 2.68. The third kappa shape index (κ3) is 6.24. The largest absolute Gasteiger partial charge is 0.497 e. The van der Waals surface area contributed by atoms with Gasteiger partial charge in [0.1, 0.15) is 5.75 Å². The van der Waals surface area contributed by atoms with E-state index in [1.54, 1.807) is 7.11 Å². The van der Waals surface area contributed by atoms with E-state index in [2.05, 4.69) is 17.6 Å². The Morgan fingerprint density at radius 3 is 2.48 bits per heavy atom. The third-order valence-electron chi connectivity index (χ3n) is 5.66. The number of rotatable bonds is 8. The number of hydrogen-bond acceptors (Lipinski definition) is 3. The molecule has 0 bridgehead atoms. The van der Waals surface area contributed by atoms with Crippen LogP contribution in [-0.2, 0) is 9.59 Å². The predicted octanol–water partition coefficient (Wildman–Crippen LogP) is 1.62. The summed E-state index contributed by atoms with van der Waals surface area (Å²) >= 11 is 0. The maximum absolute atomic E-state index is 12.7. The third-order valence-corrected chi connectivity index (χ3v) is 5.66. The van der Waals surface area contributed by atoms with Crippen LogP contribution in [0.5, 0.6) is 5.75 Å². The van der Waals surface area contributed by atoms with Crippen molar-refractivity contribution in [3.05, 3.63) is 24.3 Å². The number of benzene rings is 1. The van der Waals surface area contributed by atoms with Crippen LogP contribution in [0.25, 0.3) is 0 Å². The number of anilines is 1. The Labute approximate surface area is 162 Å². The van der Waals surface area contributed by atoms with E-state index in [1.165, 1.54) is 19.3 Å². The van der Waals surface area contributed by atoms with Gasteiger partial charge in [0.05, 0.1) is 13.7 Å². The standard InChI is InChI=1S/C21H33N3O3/c1-5-24(14-20(25)22-17-10-12-18(27-4)13-11-17)16(3)21(26)23-19-9-7-6-8-15(19)2/h10-13,15-16,19H,5-9,14H2,1-4H3,(H,22,25)(H,23,26)/p+1/t15-,16+,19+/m0/s1. The van der Waals surface area contributed by atoms with E-state index in [-0.39, 0.29) is 30.4 Å². The van der Waals surface area contributed by atoms with E-state index in [0.717, 1.165) is 22.8 Å². The smallest absolute Gasteiger partial charge is 0.279 e. The first-order valence-electron chi connectivity index (χ1n) is 10.0. The molecule has 1 aromatic carbocycles. The average molecular weight is 377 g/mol.